The van der Waals surface area contributed by atoms with E-state index in [1.54, 1.807) is 24.3 Å². The molecule has 8 heteroatoms. The van der Waals surface area contributed by atoms with E-state index in [2.05, 4.69) is 9.64 Å². The number of hydrogen-bond acceptors (Lipinski definition) is 6. The molecule has 27 heavy (non-hydrogen) atoms. The average molecular weight is 409 g/mol. The Morgan fingerprint density at radius 1 is 1.04 bits per heavy atom. The van der Waals surface area contributed by atoms with Gasteiger partial charge in [-0.2, -0.15) is 0 Å². The lowest BCUT2D eigenvalue weighted by atomic mass is 10.3. The van der Waals surface area contributed by atoms with Gasteiger partial charge in [-0.3, -0.25) is 9.69 Å². The molecule has 0 spiro atoms. The Kier molecular flexibility index (Phi) is 6.71. The molecule has 144 valence electrons. The van der Waals surface area contributed by atoms with E-state index in [0.29, 0.717) is 34.5 Å². The Balaban J connectivity index is 1.43. The molecule has 0 aliphatic carbocycles. The van der Waals surface area contributed by atoms with Crippen LogP contribution in [-0.2, 0) is 4.74 Å². The van der Waals surface area contributed by atoms with Crippen LogP contribution in [0.5, 0.6) is 5.75 Å². The average Bonchev–Trinajstić information content (AvgIpc) is 3.19. The van der Waals surface area contributed by atoms with Crippen molar-refractivity contribution in [2.24, 2.45) is 0 Å². The molecule has 1 aliphatic rings. The van der Waals surface area contributed by atoms with E-state index >= 15 is 0 Å². The van der Waals surface area contributed by atoms with Gasteiger partial charge in [-0.25, -0.2) is 4.79 Å². The van der Waals surface area contributed by atoms with Gasteiger partial charge in [0.25, 0.3) is 5.91 Å². The first-order chi connectivity index (χ1) is 13.1. The number of esters is 1. The number of hydrogen-bond donors (Lipinski definition) is 0. The second-order valence-corrected chi connectivity index (χ2v) is 7.61. The first-order valence-corrected chi connectivity index (χ1v) is 9.84. The van der Waals surface area contributed by atoms with Crippen molar-refractivity contribution in [3.8, 4) is 5.75 Å². The van der Waals surface area contributed by atoms with Crippen molar-refractivity contribution in [1.29, 1.82) is 0 Å². The van der Waals surface area contributed by atoms with E-state index in [1.165, 1.54) is 18.4 Å². The summed E-state index contributed by atoms with van der Waals surface area (Å²) in [6, 6.07) is 10.6. The van der Waals surface area contributed by atoms with E-state index in [1.807, 2.05) is 17.0 Å². The van der Waals surface area contributed by atoms with Crippen molar-refractivity contribution >= 4 is 34.8 Å². The number of nitrogens with zero attached hydrogens (tertiary/aromatic N) is 2. The van der Waals surface area contributed by atoms with Crippen molar-refractivity contribution in [2.45, 2.75) is 0 Å². The van der Waals surface area contributed by atoms with Gasteiger partial charge in [-0.1, -0.05) is 11.6 Å². The lowest BCUT2D eigenvalue weighted by Gasteiger charge is -2.34. The molecular formula is C19H21ClN2O4S. The van der Waals surface area contributed by atoms with E-state index in [0.717, 1.165) is 25.4 Å². The third-order valence-corrected chi connectivity index (χ3v) is 5.66. The molecule has 1 amide bonds. The van der Waals surface area contributed by atoms with Gasteiger partial charge >= 0.3 is 5.97 Å². The second-order valence-electron chi connectivity index (χ2n) is 6.09. The number of halogens is 1. The Morgan fingerprint density at radius 2 is 1.70 bits per heavy atom. The molecule has 1 fully saturated rings. The minimum Gasteiger partial charge on any atom is -0.492 e. The highest BCUT2D eigenvalue weighted by Crippen LogP contribution is 2.20. The van der Waals surface area contributed by atoms with E-state index in [9.17, 15) is 9.59 Å². The lowest BCUT2D eigenvalue weighted by molar-refractivity contribution is 0.0604. The summed E-state index contributed by atoms with van der Waals surface area (Å²) < 4.78 is 10.4. The fraction of sp³-hybridized carbons (Fsp3) is 0.368. The number of carbonyl (C=O) groups is 2. The quantitative estimate of drug-likeness (QED) is 0.687. The molecule has 0 N–H and O–H groups in total. The molecule has 0 unspecified atom stereocenters. The lowest BCUT2D eigenvalue weighted by Crippen LogP contribution is -2.49. The maximum Gasteiger partial charge on any atom is 0.348 e. The Bertz CT molecular complexity index is 785. The number of ether oxygens (including phenoxy) is 2. The molecule has 2 aromatic rings. The summed E-state index contributed by atoms with van der Waals surface area (Å²) in [5.74, 6) is 0.351. The predicted octanol–water partition coefficient (Wildman–Crippen LogP) is 3.02. The Labute approximate surface area is 167 Å². The molecule has 2 heterocycles. The van der Waals surface area contributed by atoms with Crippen LogP contribution in [0.15, 0.2) is 36.4 Å². The van der Waals surface area contributed by atoms with Gasteiger partial charge in [0.15, 0.2) is 0 Å². The molecule has 0 saturated carbocycles. The normalized spacial score (nSPS) is 14.8. The third kappa shape index (κ3) is 5.22. The standard InChI is InChI=1S/C19H21ClN2O4S/c1-25-19(24)17-7-6-16(27-17)18(23)22-10-8-21(9-11-22)12-13-26-15-4-2-14(20)3-5-15/h2-7H,8-13H2,1H3. The van der Waals surface area contributed by atoms with Gasteiger partial charge in [0.05, 0.1) is 12.0 Å². The van der Waals surface area contributed by atoms with Gasteiger partial charge < -0.3 is 14.4 Å². The van der Waals surface area contributed by atoms with Crippen LogP contribution in [0.25, 0.3) is 0 Å². The Morgan fingerprint density at radius 3 is 2.37 bits per heavy atom. The summed E-state index contributed by atoms with van der Waals surface area (Å²) in [4.78, 5) is 29.2. The number of piperazine rings is 1. The summed E-state index contributed by atoms with van der Waals surface area (Å²) in [5.41, 5.74) is 0. The number of methoxy groups -OCH3 is 1. The van der Waals surface area contributed by atoms with Gasteiger partial charge in [-0.05, 0) is 36.4 Å². The van der Waals surface area contributed by atoms with Crippen molar-refractivity contribution < 1.29 is 19.1 Å². The second kappa shape index (κ2) is 9.21. The molecule has 3 rings (SSSR count). The van der Waals surface area contributed by atoms with Crippen molar-refractivity contribution in [1.82, 2.24) is 9.80 Å². The number of carbonyl (C=O) groups excluding carboxylic acids is 2. The number of amides is 1. The summed E-state index contributed by atoms with van der Waals surface area (Å²) in [7, 11) is 1.33. The maximum absolute atomic E-state index is 12.6. The van der Waals surface area contributed by atoms with Crippen molar-refractivity contribution in [3.63, 3.8) is 0 Å². The zero-order valence-electron chi connectivity index (χ0n) is 15.0. The largest absolute Gasteiger partial charge is 0.492 e. The summed E-state index contributed by atoms with van der Waals surface area (Å²) in [6.45, 7) is 4.30. The smallest absolute Gasteiger partial charge is 0.348 e. The molecule has 1 aromatic carbocycles. The van der Waals surface area contributed by atoms with E-state index in [-0.39, 0.29) is 5.91 Å². The fourth-order valence-electron chi connectivity index (χ4n) is 2.82. The molecule has 6 nitrogen and oxygen atoms in total. The molecule has 0 bridgehead atoms. The topological polar surface area (TPSA) is 59.1 Å². The first-order valence-electron chi connectivity index (χ1n) is 8.65. The van der Waals surface area contributed by atoms with E-state index < -0.39 is 5.97 Å². The molecule has 0 radical (unpaired) electrons. The highest BCUT2D eigenvalue weighted by atomic mass is 35.5. The van der Waals surface area contributed by atoms with Gasteiger partial charge in [-0.15, -0.1) is 11.3 Å². The predicted molar refractivity (Wildman–Crippen MR) is 105 cm³/mol. The van der Waals surface area contributed by atoms with Crippen LogP contribution in [-0.4, -0.2) is 68.1 Å². The van der Waals surface area contributed by atoms with Crippen LogP contribution in [0.2, 0.25) is 5.02 Å². The summed E-state index contributed by atoms with van der Waals surface area (Å²) >= 11 is 7.03. The van der Waals surface area contributed by atoms with Crippen molar-refractivity contribution in [2.75, 3.05) is 46.4 Å². The zero-order chi connectivity index (χ0) is 19.2. The van der Waals surface area contributed by atoms with E-state index in [4.69, 9.17) is 16.3 Å². The SMILES string of the molecule is COC(=O)c1ccc(C(=O)N2CCN(CCOc3ccc(Cl)cc3)CC2)s1. The maximum atomic E-state index is 12.6. The summed E-state index contributed by atoms with van der Waals surface area (Å²) in [6.07, 6.45) is 0. The molecule has 0 atom stereocenters. The number of thiophene rings is 1. The molecule has 1 aromatic heterocycles. The Hall–Kier alpha value is -2.09. The molecule has 1 aliphatic heterocycles. The van der Waals surface area contributed by atoms with Gasteiger partial charge in [0.2, 0.25) is 0 Å². The zero-order valence-corrected chi connectivity index (χ0v) is 16.6. The molecular weight excluding hydrogens is 388 g/mol. The third-order valence-electron chi connectivity index (χ3n) is 4.35. The highest BCUT2D eigenvalue weighted by Gasteiger charge is 2.24. The van der Waals surface area contributed by atoms with Crippen LogP contribution in [0.1, 0.15) is 19.3 Å². The highest BCUT2D eigenvalue weighted by molar-refractivity contribution is 7.15. The summed E-state index contributed by atoms with van der Waals surface area (Å²) in [5, 5.41) is 0.688. The van der Waals surface area contributed by atoms with Gasteiger partial charge in [0.1, 0.15) is 17.2 Å². The van der Waals surface area contributed by atoms with Crippen LogP contribution in [0, 0.1) is 0 Å². The van der Waals surface area contributed by atoms with Crippen LogP contribution < -0.4 is 4.74 Å². The minimum absolute atomic E-state index is 0.0350. The van der Waals surface area contributed by atoms with Gasteiger partial charge in [0, 0.05) is 37.7 Å². The number of benzene rings is 1. The van der Waals surface area contributed by atoms with Crippen molar-refractivity contribution in [3.05, 3.63) is 51.2 Å². The van der Waals surface area contributed by atoms with Crippen LogP contribution >= 0.6 is 22.9 Å². The fourth-order valence-corrected chi connectivity index (χ4v) is 3.84. The minimum atomic E-state index is -0.412. The van der Waals surface area contributed by atoms with Crippen LogP contribution in [0.3, 0.4) is 0 Å². The first kappa shape index (κ1) is 19.7. The number of rotatable bonds is 6. The monoisotopic (exact) mass is 408 g/mol. The molecule has 1 saturated heterocycles. The van der Waals surface area contributed by atoms with Crippen LogP contribution in [0.4, 0.5) is 0 Å².